The summed E-state index contributed by atoms with van der Waals surface area (Å²) in [6.07, 6.45) is 3.01. The minimum absolute atomic E-state index is 0.0559. The maximum absolute atomic E-state index is 11.8. The van der Waals surface area contributed by atoms with Crippen LogP contribution in [0.1, 0.15) is 43.9 Å². The summed E-state index contributed by atoms with van der Waals surface area (Å²) in [4.78, 5) is 0. The summed E-state index contributed by atoms with van der Waals surface area (Å²) in [5, 5.41) is -0.357. The van der Waals surface area contributed by atoms with E-state index < -0.39 is 9.84 Å². The lowest BCUT2D eigenvalue weighted by atomic mass is 9.88. The first-order valence-corrected chi connectivity index (χ1v) is 8.85. The van der Waals surface area contributed by atoms with Crippen LogP contribution in [-0.2, 0) is 16.3 Å². The molecular weight excluding hydrogens is 274 g/mol. The Balaban J connectivity index is 2.06. The van der Waals surface area contributed by atoms with Crippen LogP contribution in [0, 0.1) is 0 Å². The molecule has 0 aliphatic heterocycles. The second-order valence-corrected chi connectivity index (χ2v) is 8.26. The Morgan fingerprint density at radius 2 is 2.15 bits per heavy atom. The second kappa shape index (κ2) is 6.14. The van der Waals surface area contributed by atoms with E-state index in [1.165, 1.54) is 0 Å². The van der Waals surface area contributed by atoms with Crippen molar-refractivity contribution in [3.63, 3.8) is 0 Å². The van der Waals surface area contributed by atoms with E-state index in [1.807, 2.05) is 18.2 Å². The highest BCUT2D eigenvalue weighted by Gasteiger charge is 2.21. The highest BCUT2D eigenvalue weighted by molar-refractivity contribution is 7.91. The molecule has 0 heterocycles. The van der Waals surface area contributed by atoms with Crippen LogP contribution in [0.2, 0.25) is 0 Å². The highest BCUT2D eigenvalue weighted by Crippen LogP contribution is 2.33. The first kappa shape index (κ1) is 15.3. The molecule has 5 heteroatoms. The SMILES string of the molecule is CC(C)S(=O)(=O)CCOc1cccc2c1CCCC2N. The van der Waals surface area contributed by atoms with Gasteiger partial charge in [0.2, 0.25) is 0 Å². The third-order valence-electron chi connectivity index (χ3n) is 3.85. The molecule has 0 fully saturated rings. The van der Waals surface area contributed by atoms with Gasteiger partial charge in [-0.2, -0.15) is 0 Å². The standard InChI is InChI=1S/C15H23NO3S/c1-11(2)20(17,18)10-9-19-15-8-4-5-12-13(15)6-3-7-14(12)16/h4-5,8,11,14H,3,6-7,9-10,16H2,1-2H3. The van der Waals surface area contributed by atoms with Gasteiger partial charge in [-0.15, -0.1) is 0 Å². The van der Waals surface area contributed by atoms with E-state index in [1.54, 1.807) is 13.8 Å². The van der Waals surface area contributed by atoms with Gasteiger partial charge < -0.3 is 10.5 Å². The van der Waals surface area contributed by atoms with Crippen molar-refractivity contribution in [1.82, 2.24) is 0 Å². The lowest BCUT2D eigenvalue weighted by molar-refractivity contribution is 0.333. The summed E-state index contributed by atoms with van der Waals surface area (Å²) in [6.45, 7) is 3.59. The summed E-state index contributed by atoms with van der Waals surface area (Å²) in [6, 6.07) is 5.94. The van der Waals surface area contributed by atoms with Crippen LogP contribution in [0.4, 0.5) is 0 Å². The van der Waals surface area contributed by atoms with Gasteiger partial charge >= 0.3 is 0 Å². The number of sulfone groups is 1. The summed E-state index contributed by atoms with van der Waals surface area (Å²) in [5.74, 6) is 0.844. The minimum Gasteiger partial charge on any atom is -0.492 e. The topological polar surface area (TPSA) is 69.4 Å². The molecule has 0 amide bonds. The fraction of sp³-hybridized carbons (Fsp3) is 0.600. The quantitative estimate of drug-likeness (QED) is 0.905. The fourth-order valence-electron chi connectivity index (χ4n) is 2.49. The largest absolute Gasteiger partial charge is 0.492 e. The Hall–Kier alpha value is -1.07. The number of nitrogens with two attached hydrogens (primary N) is 1. The molecular formula is C15H23NO3S. The van der Waals surface area contributed by atoms with E-state index in [4.69, 9.17) is 10.5 Å². The van der Waals surface area contributed by atoms with Crippen LogP contribution in [0.3, 0.4) is 0 Å². The minimum atomic E-state index is -3.05. The van der Waals surface area contributed by atoms with Crippen molar-refractivity contribution in [2.75, 3.05) is 12.4 Å². The maximum atomic E-state index is 11.8. The average molecular weight is 297 g/mol. The molecule has 0 saturated carbocycles. The molecule has 1 aromatic rings. The molecule has 112 valence electrons. The van der Waals surface area contributed by atoms with Gasteiger partial charge in [0.15, 0.2) is 9.84 Å². The van der Waals surface area contributed by atoms with Crippen molar-refractivity contribution in [2.24, 2.45) is 5.73 Å². The van der Waals surface area contributed by atoms with Crippen LogP contribution in [0.5, 0.6) is 5.75 Å². The van der Waals surface area contributed by atoms with Crippen LogP contribution in [0.15, 0.2) is 18.2 Å². The highest BCUT2D eigenvalue weighted by atomic mass is 32.2. The van der Waals surface area contributed by atoms with Crippen LogP contribution in [0.25, 0.3) is 0 Å². The zero-order chi connectivity index (χ0) is 14.8. The Kier molecular flexibility index (Phi) is 4.70. The van der Waals surface area contributed by atoms with Crippen molar-refractivity contribution in [3.05, 3.63) is 29.3 Å². The van der Waals surface area contributed by atoms with E-state index in [0.717, 1.165) is 36.1 Å². The molecule has 1 aliphatic carbocycles. The summed E-state index contributed by atoms with van der Waals surface area (Å²) in [7, 11) is -3.05. The number of rotatable bonds is 5. The van der Waals surface area contributed by atoms with E-state index >= 15 is 0 Å². The Morgan fingerprint density at radius 1 is 1.40 bits per heavy atom. The number of hydrogen-bond acceptors (Lipinski definition) is 4. The predicted molar refractivity (Wildman–Crippen MR) is 80.7 cm³/mol. The van der Waals surface area contributed by atoms with Gasteiger partial charge in [0.25, 0.3) is 0 Å². The summed E-state index contributed by atoms with van der Waals surface area (Å²) in [5.41, 5.74) is 8.39. The number of hydrogen-bond donors (Lipinski definition) is 1. The van der Waals surface area contributed by atoms with Gasteiger partial charge in [-0.05, 0) is 50.3 Å². The van der Waals surface area contributed by atoms with Crippen molar-refractivity contribution >= 4 is 9.84 Å². The first-order chi connectivity index (χ1) is 9.42. The molecule has 2 N–H and O–H groups in total. The van der Waals surface area contributed by atoms with Crippen molar-refractivity contribution < 1.29 is 13.2 Å². The predicted octanol–water partition coefficient (Wildman–Crippen LogP) is 2.22. The van der Waals surface area contributed by atoms with E-state index in [0.29, 0.717) is 0 Å². The van der Waals surface area contributed by atoms with Gasteiger partial charge in [-0.25, -0.2) is 8.42 Å². The second-order valence-electron chi connectivity index (χ2n) is 5.59. The Morgan fingerprint density at radius 3 is 2.85 bits per heavy atom. The molecule has 2 rings (SSSR count). The average Bonchev–Trinajstić information content (AvgIpc) is 2.39. The zero-order valence-electron chi connectivity index (χ0n) is 12.1. The molecule has 1 aliphatic rings. The van der Waals surface area contributed by atoms with Gasteiger partial charge in [0.05, 0.1) is 11.0 Å². The lowest BCUT2D eigenvalue weighted by Gasteiger charge is -2.24. The molecule has 0 saturated heterocycles. The van der Waals surface area contributed by atoms with Gasteiger partial charge in [0, 0.05) is 6.04 Å². The maximum Gasteiger partial charge on any atom is 0.155 e. The third-order valence-corrected chi connectivity index (χ3v) is 6.03. The van der Waals surface area contributed by atoms with Crippen molar-refractivity contribution in [3.8, 4) is 5.75 Å². The van der Waals surface area contributed by atoms with Gasteiger partial charge in [-0.3, -0.25) is 0 Å². The summed E-state index contributed by atoms with van der Waals surface area (Å²) < 4.78 is 29.2. The molecule has 1 unspecified atom stereocenters. The van der Waals surface area contributed by atoms with Crippen molar-refractivity contribution in [1.29, 1.82) is 0 Å². The van der Waals surface area contributed by atoms with E-state index in [2.05, 4.69) is 0 Å². The van der Waals surface area contributed by atoms with Gasteiger partial charge in [0.1, 0.15) is 12.4 Å². The normalized spacial score (nSPS) is 18.9. The Bertz CT molecular complexity index is 566. The van der Waals surface area contributed by atoms with Gasteiger partial charge in [-0.1, -0.05) is 12.1 Å². The van der Waals surface area contributed by atoms with E-state index in [-0.39, 0.29) is 23.7 Å². The summed E-state index contributed by atoms with van der Waals surface area (Å²) >= 11 is 0. The third kappa shape index (κ3) is 3.33. The van der Waals surface area contributed by atoms with E-state index in [9.17, 15) is 8.42 Å². The van der Waals surface area contributed by atoms with Crippen LogP contribution < -0.4 is 10.5 Å². The molecule has 0 radical (unpaired) electrons. The molecule has 0 aromatic heterocycles. The smallest absolute Gasteiger partial charge is 0.155 e. The molecule has 1 aromatic carbocycles. The Labute approximate surface area is 121 Å². The lowest BCUT2D eigenvalue weighted by Crippen LogP contribution is -2.23. The molecule has 4 nitrogen and oxygen atoms in total. The zero-order valence-corrected chi connectivity index (χ0v) is 12.9. The number of fused-ring (bicyclic) bond motifs is 1. The fourth-order valence-corrected chi connectivity index (χ4v) is 3.28. The molecule has 0 spiro atoms. The molecule has 0 bridgehead atoms. The number of benzene rings is 1. The molecule has 20 heavy (non-hydrogen) atoms. The van der Waals surface area contributed by atoms with Crippen molar-refractivity contribution in [2.45, 2.75) is 44.4 Å². The monoisotopic (exact) mass is 297 g/mol. The first-order valence-electron chi connectivity index (χ1n) is 7.13. The van der Waals surface area contributed by atoms with Crippen LogP contribution >= 0.6 is 0 Å². The molecule has 1 atom stereocenters. The number of ether oxygens (including phenoxy) is 1. The van der Waals surface area contributed by atoms with Crippen LogP contribution in [-0.4, -0.2) is 26.0 Å².